The lowest BCUT2D eigenvalue weighted by Crippen LogP contribution is -2.33. The van der Waals surface area contributed by atoms with Crippen molar-refractivity contribution in [2.45, 2.75) is 19.5 Å². The predicted molar refractivity (Wildman–Crippen MR) is 64.0 cm³/mol. The van der Waals surface area contributed by atoms with Gasteiger partial charge in [0.15, 0.2) is 11.6 Å². The van der Waals surface area contributed by atoms with Crippen molar-refractivity contribution in [3.8, 4) is 0 Å². The number of likely N-dealkylation sites (N-methyl/N-ethyl adjacent to an activating group) is 1. The van der Waals surface area contributed by atoms with Gasteiger partial charge in [-0.15, -0.1) is 0 Å². The average molecular weight is 244 g/mol. The van der Waals surface area contributed by atoms with Crippen molar-refractivity contribution in [3.05, 3.63) is 29.3 Å². The van der Waals surface area contributed by atoms with E-state index < -0.39 is 11.6 Å². The molecule has 2 N–H and O–H groups in total. The maximum Gasteiger partial charge on any atom is 0.182 e. The summed E-state index contributed by atoms with van der Waals surface area (Å²) in [6.07, 6.45) is 0. The van der Waals surface area contributed by atoms with Gasteiger partial charge in [0.05, 0.1) is 12.3 Å². The molecule has 0 saturated heterocycles. The Morgan fingerprint density at radius 3 is 2.53 bits per heavy atom. The second-order valence-corrected chi connectivity index (χ2v) is 3.99. The molecule has 3 nitrogen and oxygen atoms in total. The molecule has 0 aliphatic rings. The van der Waals surface area contributed by atoms with Gasteiger partial charge < -0.3 is 15.4 Å². The number of nitrogens with two attached hydrogens (primary N) is 1. The molecule has 0 fully saturated rings. The SMILES string of the molecule is COCC(C)N(C)c1ccc(CN)c(F)c1F. The maximum atomic E-state index is 13.8. The normalized spacial score (nSPS) is 12.6. The van der Waals surface area contributed by atoms with Crippen molar-refractivity contribution in [2.75, 3.05) is 25.7 Å². The topological polar surface area (TPSA) is 38.5 Å². The first-order valence-electron chi connectivity index (χ1n) is 5.41. The van der Waals surface area contributed by atoms with Crippen molar-refractivity contribution >= 4 is 5.69 Å². The van der Waals surface area contributed by atoms with Crippen molar-refractivity contribution < 1.29 is 13.5 Å². The Hall–Kier alpha value is -1.20. The number of anilines is 1. The van der Waals surface area contributed by atoms with E-state index in [9.17, 15) is 8.78 Å². The van der Waals surface area contributed by atoms with E-state index in [1.807, 2.05) is 6.92 Å². The van der Waals surface area contributed by atoms with Gasteiger partial charge in [-0.1, -0.05) is 6.07 Å². The fraction of sp³-hybridized carbons (Fsp3) is 0.500. The number of rotatable bonds is 5. The lowest BCUT2D eigenvalue weighted by molar-refractivity contribution is 0.183. The van der Waals surface area contributed by atoms with E-state index in [1.54, 1.807) is 19.1 Å². The van der Waals surface area contributed by atoms with Crippen LogP contribution in [0, 0.1) is 11.6 Å². The molecule has 5 heteroatoms. The lowest BCUT2D eigenvalue weighted by atomic mass is 10.1. The van der Waals surface area contributed by atoms with Gasteiger partial charge in [0.25, 0.3) is 0 Å². The van der Waals surface area contributed by atoms with Crippen LogP contribution < -0.4 is 10.6 Å². The van der Waals surface area contributed by atoms with Gasteiger partial charge in [0.1, 0.15) is 0 Å². The van der Waals surface area contributed by atoms with Crippen molar-refractivity contribution in [1.82, 2.24) is 0 Å². The van der Waals surface area contributed by atoms with E-state index in [4.69, 9.17) is 10.5 Å². The summed E-state index contributed by atoms with van der Waals surface area (Å²) < 4.78 is 32.3. The smallest absolute Gasteiger partial charge is 0.182 e. The number of hydrogen-bond donors (Lipinski definition) is 1. The molecule has 0 aliphatic carbocycles. The molecule has 96 valence electrons. The first-order chi connectivity index (χ1) is 8.02. The summed E-state index contributed by atoms with van der Waals surface area (Å²) in [4.78, 5) is 1.64. The molecular weight excluding hydrogens is 226 g/mol. The third-order valence-electron chi connectivity index (χ3n) is 2.81. The summed E-state index contributed by atoms with van der Waals surface area (Å²) in [7, 11) is 3.27. The Morgan fingerprint density at radius 2 is 2.00 bits per heavy atom. The Morgan fingerprint density at radius 1 is 1.35 bits per heavy atom. The monoisotopic (exact) mass is 244 g/mol. The van der Waals surface area contributed by atoms with Crippen LogP contribution in [-0.2, 0) is 11.3 Å². The molecule has 0 heterocycles. The highest BCUT2D eigenvalue weighted by molar-refractivity contribution is 5.50. The largest absolute Gasteiger partial charge is 0.383 e. The van der Waals surface area contributed by atoms with E-state index in [-0.39, 0.29) is 23.8 Å². The lowest BCUT2D eigenvalue weighted by Gasteiger charge is -2.27. The second kappa shape index (κ2) is 5.93. The highest BCUT2D eigenvalue weighted by Gasteiger charge is 2.18. The Labute approximate surface area is 100 Å². The third kappa shape index (κ3) is 2.92. The Bertz CT molecular complexity index is 385. The zero-order valence-electron chi connectivity index (χ0n) is 10.3. The van der Waals surface area contributed by atoms with Crippen LogP contribution >= 0.6 is 0 Å². The van der Waals surface area contributed by atoms with Gasteiger partial charge in [-0.2, -0.15) is 0 Å². The minimum absolute atomic E-state index is 0.0135. The average Bonchev–Trinajstić information content (AvgIpc) is 2.32. The first kappa shape index (κ1) is 13.9. The summed E-state index contributed by atoms with van der Waals surface area (Å²) in [5.74, 6) is -1.74. The van der Waals surface area contributed by atoms with E-state index in [1.165, 1.54) is 12.1 Å². The summed E-state index contributed by atoms with van der Waals surface area (Å²) in [6, 6.07) is 2.99. The highest BCUT2D eigenvalue weighted by Crippen LogP contribution is 2.24. The van der Waals surface area contributed by atoms with E-state index >= 15 is 0 Å². The second-order valence-electron chi connectivity index (χ2n) is 3.99. The molecule has 17 heavy (non-hydrogen) atoms. The first-order valence-corrected chi connectivity index (χ1v) is 5.41. The highest BCUT2D eigenvalue weighted by atomic mass is 19.2. The van der Waals surface area contributed by atoms with Gasteiger partial charge in [0.2, 0.25) is 0 Å². The molecule has 0 bridgehead atoms. The summed E-state index contributed by atoms with van der Waals surface area (Å²) in [6.45, 7) is 2.30. The summed E-state index contributed by atoms with van der Waals surface area (Å²) in [5, 5.41) is 0. The summed E-state index contributed by atoms with van der Waals surface area (Å²) in [5.41, 5.74) is 5.70. The van der Waals surface area contributed by atoms with Crippen LogP contribution in [0.2, 0.25) is 0 Å². The van der Waals surface area contributed by atoms with E-state index in [0.29, 0.717) is 6.61 Å². The quantitative estimate of drug-likeness (QED) is 0.859. The molecule has 1 rings (SSSR count). The van der Waals surface area contributed by atoms with Crippen LogP contribution in [0.3, 0.4) is 0 Å². The standard InChI is InChI=1S/C12H18F2N2O/c1-8(7-17-3)16(2)10-5-4-9(6-15)11(13)12(10)14/h4-5,8H,6-7,15H2,1-3H3. The van der Waals surface area contributed by atoms with Crippen LogP contribution in [0.5, 0.6) is 0 Å². The minimum Gasteiger partial charge on any atom is -0.383 e. The fourth-order valence-corrected chi connectivity index (χ4v) is 1.60. The number of benzene rings is 1. The van der Waals surface area contributed by atoms with Crippen LogP contribution in [0.4, 0.5) is 14.5 Å². The summed E-state index contributed by atoms with van der Waals surface area (Å²) >= 11 is 0. The number of methoxy groups -OCH3 is 1. The molecule has 1 unspecified atom stereocenters. The third-order valence-corrected chi connectivity index (χ3v) is 2.81. The number of halogens is 2. The van der Waals surface area contributed by atoms with E-state index in [0.717, 1.165) is 0 Å². The molecule has 0 aromatic heterocycles. The van der Waals surface area contributed by atoms with Gasteiger partial charge in [0, 0.05) is 32.3 Å². The van der Waals surface area contributed by atoms with Gasteiger partial charge in [-0.05, 0) is 13.0 Å². The Kier molecular flexibility index (Phi) is 4.84. The molecule has 0 radical (unpaired) electrons. The number of nitrogens with zero attached hydrogens (tertiary/aromatic N) is 1. The zero-order chi connectivity index (χ0) is 13.0. The number of ether oxygens (including phenoxy) is 1. The molecule has 1 aromatic rings. The molecule has 0 spiro atoms. The number of hydrogen-bond acceptors (Lipinski definition) is 3. The predicted octanol–water partition coefficient (Wildman–Crippen LogP) is 1.89. The van der Waals surface area contributed by atoms with Gasteiger partial charge in [-0.25, -0.2) is 8.78 Å². The Balaban J connectivity index is 3.03. The minimum atomic E-state index is -0.874. The molecule has 0 aliphatic heterocycles. The van der Waals surface area contributed by atoms with Crippen LogP contribution in [0.1, 0.15) is 12.5 Å². The molecule has 0 amide bonds. The van der Waals surface area contributed by atoms with Crippen LogP contribution in [0.15, 0.2) is 12.1 Å². The molecule has 0 saturated carbocycles. The van der Waals surface area contributed by atoms with Crippen LogP contribution in [-0.4, -0.2) is 26.8 Å². The van der Waals surface area contributed by atoms with Gasteiger partial charge in [-0.3, -0.25) is 0 Å². The maximum absolute atomic E-state index is 13.8. The van der Waals surface area contributed by atoms with Crippen molar-refractivity contribution in [2.24, 2.45) is 5.73 Å². The molecule has 1 aromatic carbocycles. The van der Waals surface area contributed by atoms with Crippen molar-refractivity contribution in [1.29, 1.82) is 0 Å². The zero-order valence-corrected chi connectivity index (χ0v) is 10.3. The fourth-order valence-electron chi connectivity index (χ4n) is 1.60. The van der Waals surface area contributed by atoms with Crippen molar-refractivity contribution in [3.63, 3.8) is 0 Å². The molecular formula is C12H18F2N2O. The van der Waals surface area contributed by atoms with Gasteiger partial charge >= 0.3 is 0 Å². The molecule has 1 atom stereocenters. The van der Waals surface area contributed by atoms with E-state index in [2.05, 4.69) is 0 Å². The van der Waals surface area contributed by atoms with Crippen LogP contribution in [0.25, 0.3) is 0 Å².